The smallest absolute Gasteiger partial charge is 0.341 e. The van der Waals surface area contributed by atoms with Crippen molar-refractivity contribution in [3.05, 3.63) is 39.5 Å². The summed E-state index contributed by atoms with van der Waals surface area (Å²) < 4.78 is 9.87. The number of pyridine rings is 1. The van der Waals surface area contributed by atoms with Crippen LogP contribution in [0.15, 0.2) is 18.3 Å². The molecule has 32 heavy (non-hydrogen) atoms. The minimum atomic E-state index is -0.424. The van der Waals surface area contributed by atoms with E-state index >= 15 is 0 Å². The molecule has 0 saturated carbocycles. The van der Waals surface area contributed by atoms with Crippen LogP contribution in [-0.4, -0.2) is 43.1 Å². The summed E-state index contributed by atoms with van der Waals surface area (Å²) in [5, 5.41) is 3.84. The van der Waals surface area contributed by atoms with Crippen molar-refractivity contribution in [2.24, 2.45) is 0 Å². The first-order valence-electron chi connectivity index (χ1n) is 10.5. The van der Waals surface area contributed by atoms with Gasteiger partial charge in [-0.05, 0) is 43.9 Å². The average Bonchev–Trinajstić information content (AvgIpc) is 3.14. The minimum Gasteiger partial charge on any atom is -0.469 e. The van der Waals surface area contributed by atoms with E-state index in [1.807, 2.05) is 6.07 Å². The van der Waals surface area contributed by atoms with Crippen LogP contribution in [-0.2, 0) is 32.0 Å². The maximum Gasteiger partial charge on any atom is 0.341 e. The Morgan fingerprint density at radius 3 is 2.72 bits per heavy atom. The molecule has 2 aromatic rings. The zero-order valence-corrected chi connectivity index (χ0v) is 19.7. The Labute approximate surface area is 195 Å². The van der Waals surface area contributed by atoms with Gasteiger partial charge in [-0.3, -0.25) is 9.59 Å². The largest absolute Gasteiger partial charge is 0.469 e. The number of hydrogen-bond donors (Lipinski definition) is 1. The van der Waals surface area contributed by atoms with Crippen molar-refractivity contribution in [1.82, 2.24) is 4.98 Å². The van der Waals surface area contributed by atoms with Crippen LogP contribution in [0.3, 0.4) is 0 Å². The first-order chi connectivity index (χ1) is 15.4. The van der Waals surface area contributed by atoms with Gasteiger partial charge in [-0.25, -0.2) is 9.78 Å². The molecule has 0 bridgehead atoms. The molecule has 1 aliphatic rings. The van der Waals surface area contributed by atoms with Gasteiger partial charge in [0.05, 0.1) is 37.7 Å². The fraction of sp³-hybridized carbons (Fsp3) is 0.455. The molecule has 0 radical (unpaired) electrons. The van der Waals surface area contributed by atoms with Gasteiger partial charge in [0.15, 0.2) is 0 Å². The Bertz CT molecular complexity index is 977. The number of aromatic nitrogens is 1. The molecule has 3 heterocycles. The van der Waals surface area contributed by atoms with Crippen molar-refractivity contribution in [1.29, 1.82) is 0 Å². The Kier molecular flexibility index (Phi) is 8.46. The van der Waals surface area contributed by atoms with Gasteiger partial charge < -0.3 is 19.7 Å². The third-order valence-electron chi connectivity index (χ3n) is 5.13. The number of esters is 2. The molecular formula is C22H26ClN3O5S. The first kappa shape index (κ1) is 24.0. The van der Waals surface area contributed by atoms with Crippen molar-refractivity contribution in [3.63, 3.8) is 0 Å². The molecule has 0 aromatic carbocycles. The second-order valence-electron chi connectivity index (χ2n) is 7.27. The number of carbonyl (C=O) groups is 3. The number of carbonyl (C=O) groups excluding carboxylic acids is 3. The van der Waals surface area contributed by atoms with Gasteiger partial charge >= 0.3 is 11.9 Å². The number of fused-ring (bicyclic) bond motifs is 1. The highest BCUT2D eigenvalue weighted by atomic mass is 35.5. The lowest BCUT2D eigenvalue weighted by atomic mass is 10.0. The van der Waals surface area contributed by atoms with Crippen molar-refractivity contribution in [2.75, 3.05) is 30.5 Å². The molecule has 2 aromatic heterocycles. The molecule has 0 fully saturated rings. The Hall–Kier alpha value is -2.65. The van der Waals surface area contributed by atoms with E-state index in [-0.39, 0.29) is 31.3 Å². The molecule has 8 nitrogen and oxygen atoms in total. The number of halogens is 1. The quantitative estimate of drug-likeness (QED) is 0.327. The Morgan fingerprint density at radius 1 is 1.25 bits per heavy atom. The zero-order valence-electron chi connectivity index (χ0n) is 18.1. The minimum absolute atomic E-state index is 0.197. The first-order valence-corrected chi connectivity index (χ1v) is 11.7. The second-order valence-corrected chi connectivity index (χ2v) is 8.76. The average molecular weight is 480 g/mol. The lowest BCUT2D eigenvalue weighted by Gasteiger charge is -2.28. The van der Waals surface area contributed by atoms with Crippen molar-refractivity contribution in [2.45, 2.75) is 45.6 Å². The van der Waals surface area contributed by atoms with Crippen LogP contribution in [0, 0.1) is 0 Å². The van der Waals surface area contributed by atoms with Gasteiger partial charge in [-0.2, -0.15) is 0 Å². The zero-order chi connectivity index (χ0) is 23.1. The summed E-state index contributed by atoms with van der Waals surface area (Å²) in [6.07, 6.45) is 4.03. The summed E-state index contributed by atoms with van der Waals surface area (Å²) in [7, 11) is 1.34. The summed E-state index contributed by atoms with van der Waals surface area (Å²) in [6, 6.07) is 3.66. The predicted molar refractivity (Wildman–Crippen MR) is 123 cm³/mol. The van der Waals surface area contributed by atoms with Crippen LogP contribution in [0.25, 0.3) is 0 Å². The third kappa shape index (κ3) is 5.98. The number of nitrogens with one attached hydrogen (secondary N) is 1. The van der Waals surface area contributed by atoms with E-state index in [9.17, 15) is 14.4 Å². The summed E-state index contributed by atoms with van der Waals surface area (Å²) in [6.45, 7) is 3.32. The highest BCUT2D eigenvalue weighted by Gasteiger charge is 2.29. The molecule has 0 unspecified atom stereocenters. The molecule has 1 amide bonds. The number of anilines is 2. The summed E-state index contributed by atoms with van der Waals surface area (Å²) in [5.74, 6) is -0.910. The van der Waals surface area contributed by atoms with E-state index in [4.69, 9.17) is 16.3 Å². The topological polar surface area (TPSA) is 97.8 Å². The van der Waals surface area contributed by atoms with Gasteiger partial charge in [0.2, 0.25) is 5.91 Å². The molecule has 0 atom stereocenters. The standard InChI is InChI=1S/C22H26ClN3O5S/c1-3-31-22(29)20-15-10-11-26(14-8-9-17(23)24-12-14)13-16(15)32-21(20)25-18(27)6-4-5-7-19(28)30-2/h8-9,12H,3-7,10-11,13H2,1-2H3,(H,25,27). The monoisotopic (exact) mass is 479 g/mol. The Morgan fingerprint density at radius 2 is 2.03 bits per heavy atom. The lowest BCUT2D eigenvalue weighted by molar-refractivity contribution is -0.140. The molecular weight excluding hydrogens is 454 g/mol. The number of ether oxygens (including phenoxy) is 2. The van der Waals surface area contributed by atoms with Gasteiger partial charge in [-0.1, -0.05) is 11.6 Å². The van der Waals surface area contributed by atoms with Gasteiger partial charge in [0.1, 0.15) is 10.2 Å². The fourth-order valence-corrected chi connectivity index (χ4v) is 4.91. The van der Waals surface area contributed by atoms with Crippen LogP contribution in [0.2, 0.25) is 5.15 Å². The molecule has 1 N–H and O–H groups in total. The number of rotatable bonds is 9. The molecule has 1 aliphatic heterocycles. The van der Waals surface area contributed by atoms with Crippen molar-refractivity contribution >= 4 is 51.5 Å². The van der Waals surface area contributed by atoms with E-state index < -0.39 is 5.97 Å². The van der Waals surface area contributed by atoms with E-state index in [0.29, 0.717) is 48.1 Å². The predicted octanol–water partition coefficient (Wildman–Crippen LogP) is 4.21. The van der Waals surface area contributed by atoms with E-state index in [0.717, 1.165) is 16.1 Å². The lowest BCUT2D eigenvalue weighted by Crippen LogP contribution is -2.30. The summed E-state index contributed by atoms with van der Waals surface area (Å²) >= 11 is 7.29. The molecule has 0 saturated heterocycles. The number of hydrogen-bond acceptors (Lipinski definition) is 8. The Balaban J connectivity index is 1.73. The third-order valence-corrected chi connectivity index (χ3v) is 6.48. The van der Waals surface area contributed by atoms with Crippen LogP contribution in [0.1, 0.15) is 53.4 Å². The number of methoxy groups -OCH3 is 1. The number of thiophene rings is 1. The molecule has 0 spiro atoms. The molecule has 3 rings (SSSR count). The van der Waals surface area contributed by atoms with Crippen LogP contribution in [0.4, 0.5) is 10.7 Å². The van der Waals surface area contributed by atoms with Crippen LogP contribution in [0.5, 0.6) is 0 Å². The second kappa shape index (κ2) is 11.3. The maximum absolute atomic E-state index is 12.7. The summed E-state index contributed by atoms with van der Waals surface area (Å²) in [5.41, 5.74) is 2.32. The van der Waals surface area contributed by atoms with Crippen LogP contribution < -0.4 is 10.2 Å². The van der Waals surface area contributed by atoms with Gasteiger partial charge in [0.25, 0.3) is 0 Å². The number of amides is 1. The number of unbranched alkanes of at least 4 members (excludes halogenated alkanes) is 1. The van der Waals surface area contributed by atoms with Crippen molar-refractivity contribution in [3.8, 4) is 0 Å². The SMILES string of the molecule is CCOC(=O)c1c(NC(=O)CCCCC(=O)OC)sc2c1CCN(c1ccc(Cl)nc1)C2. The van der Waals surface area contributed by atoms with E-state index in [1.165, 1.54) is 18.4 Å². The van der Waals surface area contributed by atoms with Crippen LogP contribution >= 0.6 is 22.9 Å². The highest BCUT2D eigenvalue weighted by Crippen LogP contribution is 2.39. The fourth-order valence-electron chi connectivity index (χ4n) is 3.53. The molecule has 172 valence electrons. The molecule has 10 heteroatoms. The normalized spacial score (nSPS) is 12.8. The number of nitrogens with zero attached hydrogens (tertiary/aromatic N) is 2. The van der Waals surface area contributed by atoms with E-state index in [1.54, 1.807) is 19.2 Å². The van der Waals surface area contributed by atoms with Gasteiger partial charge in [-0.15, -0.1) is 11.3 Å². The summed E-state index contributed by atoms with van der Waals surface area (Å²) in [4.78, 5) is 43.7. The van der Waals surface area contributed by atoms with Gasteiger partial charge in [0, 0.05) is 24.3 Å². The highest BCUT2D eigenvalue weighted by molar-refractivity contribution is 7.17. The molecule has 0 aliphatic carbocycles. The van der Waals surface area contributed by atoms with E-state index in [2.05, 4.69) is 19.9 Å². The maximum atomic E-state index is 12.7. The van der Waals surface area contributed by atoms with Crippen molar-refractivity contribution < 1.29 is 23.9 Å².